The minimum Gasteiger partial charge on any atom is -0.384 e. The molecule has 1 N–H and O–H groups in total. The molecule has 0 saturated carbocycles. The van der Waals surface area contributed by atoms with Crippen LogP contribution in [-0.2, 0) is 10.0 Å². The summed E-state index contributed by atoms with van der Waals surface area (Å²) in [6.45, 7) is -1.51. The first-order valence-corrected chi connectivity index (χ1v) is 7.04. The van der Waals surface area contributed by atoms with Crippen molar-refractivity contribution >= 4 is 10.0 Å². The second-order valence-corrected chi connectivity index (χ2v) is 5.60. The number of benzene rings is 1. The van der Waals surface area contributed by atoms with Crippen LogP contribution in [0.5, 0.6) is 0 Å². The minimum absolute atomic E-state index is 0.201. The zero-order valence-electron chi connectivity index (χ0n) is 10.7. The van der Waals surface area contributed by atoms with Crippen molar-refractivity contribution in [3.05, 3.63) is 29.6 Å². The average molecular weight is 307 g/mol. The van der Waals surface area contributed by atoms with Gasteiger partial charge in [0.1, 0.15) is 30.4 Å². The molecule has 1 aromatic carbocycles. The molecule has 0 atom stereocenters. The monoisotopic (exact) mass is 307 g/mol. The summed E-state index contributed by atoms with van der Waals surface area (Å²) >= 11 is 0. The summed E-state index contributed by atoms with van der Waals surface area (Å²) in [5.74, 6) is 3.71. The van der Waals surface area contributed by atoms with E-state index in [9.17, 15) is 12.8 Å². The Kier molecular flexibility index (Phi) is 5.83. The fourth-order valence-electron chi connectivity index (χ4n) is 1.45. The van der Waals surface area contributed by atoms with E-state index in [1.54, 1.807) is 12.1 Å². The lowest BCUT2D eigenvalue weighted by Gasteiger charge is -2.16. The Balaban J connectivity index is 3.26. The molecular formula is C13H10FN3O3S. The van der Waals surface area contributed by atoms with Crippen LogP contribution in [0.15, 0.2) is 23.1 Å². The van der Waals surface area contributed by atoms with E-state index in [0.717, 1.165) is 12.1 Å². The molecule has 0 spiro atoms. The third kappa shape index (κ3) is 4.01. The number of sulfonamides is 1. The topological polar surface area (TPSA) is 105 Å². The van der Waals surface area contributed by atoms with Crippen LogP contribution in [0.4, 0.5) is 4.39 Å². The summed E-state index contributed by atoms with van der Waals surface area (Å²) in [6, 6.07) is 6.41. The van der Waals surface area contributed by atoms with Gasteiger partial charge in [-0.15, -0.1) is 0 Å². The number of aliphatic hydroxyl groups is 1. The van der Waals surface area contributed by atoms with E-state index in [1.807, 2.05) is 0 Å². The van der Waals surface area contributed by atoms with E-state index in [-0.39, 0.29) is 5.56 Å². The first kappa shape index (κ1) is 16.6. The number of nitriles is 2. The lowest BCUT2D eigenvalue weighted by atomic mass is 10.2. The van der Waals surface area contributed by atoms with Crippen LogP contribution < -0.4 is 0 Å². The molecule has 0 unspecified atom stereocenters. The van der Waals surface area contributed by atoms with Crippen molar-refractivity contribution in [2.75, 3.05) is 19.7 Å². The van der Waals surface area contributed by atoms with Crippen molar-refractivity contribution in [3.8, 4) is 24.0 Å². The first-order valence-electron chi connectivity index (χ1n) is 5.60. The van der Waals surface area contributed by atoms with Gasteiger partial charge in [0.05, 0.1) is 12.1 Å². The summed E-state index contributed by atoms with van der Waals surface area (Å²) in [7, 11) is -4.28. The van der Waals surface area contributed by atoms with Gasteiger partial charge in [-0.2, -0.15) is 14.8 Å². The van der Waals surface area contributed by atoms with Crippen LogP contribution in [0.25, 0.3) is 0 Å². The smallest absolute Gasteiger partial charge is 0.247 e. The van der Waals surface area contributed by atoms with Crippen molar-refractivity contribution in [2.24, 2.45) is 0 Å². The van der Waals surface area contributed by atoms with Crippen molar-refractivity contribution in [1.82, 2.24) is 4.31 Å². The highest BCUT2D eigenvalue weighted by Crippen LogP contribution is 2.20. The summed E-state index contributed by atoms with van der Waals surface area (Å²) in [5.41, 5.74) is 0.201. The fourth-order valence-corrected chi connectivity index (χ4v) is 2.73. The maximum atomic E-state index is 13.9. The largest absolute Gasteiger partial charge is 0.384 e. The van der Waals surface area contributed by atoms with Gasteiger partial charge in [-0.3, -0.25) is 0 Å². The predicted molar refractivity (Wildman–Crippen MR) is 70.3 cm³/mol. The third-order valence-corrected chi connectivity index (χ3v) is 4.18. The number of rotatable bonds is 4. The maximum absolute atomic E-state index is 13.9. The lowest BCUT2D eigenvalue weighted by molar-refractivity contribution is 0.350. The molecule has 108 valence electrons. The summed E-state index contributed by atoms with van der Waals surface area (Å²) in [5, 5.41) is 25.7. The number of nitrogens with zero attached hydrogens (tertiary/aromatic N) is 3. The summed E-state index contributed by atoms with van der Waals surface area (Å²) < 4.78 is 38.8. The Bertz CT molecular complexity index is 751. The molecule has 1 aromatic rings. The SMILES string of the molecule is N#CCN(CC#N)S(=O)(=O)c1ccc(C#CCO)cc1F. The molecule has 0 aromatic heterocycles. The van der Waals surface area contributed by atoms with Gasteiger partial charge in [-0.25, -0.2) is 12.8 Å². The van der Waals surface area contributed by atoms with E-state index in [4.69, 9.17) is 15.6 Å². The van der Waals surface area contributed by atoms with Gasteiger partial charge in [-0.1, -0.05) is 11.8 Å². The average Bonchev–Trinajstić information content (AvgIpc) is 2.44. The molecule has 0 amide bonds. The molecule has 8 heteroatoms. The number of hydrogen-bond acceptors (Lipinski definition) is 5. The highest BCUT2D eigenvalue weighted by Gasteiger charge is 2.27. The van der Waals surface area contributed by atoms with E-state index in [2.05, 4.69) is 11.8 Å². The first-order chi connectivity index (χ1) is 9.97. The maximum Gasteiger partial charge on any atom is 0.247 e. The second-order valence-electron chi connectivity index (χ2n) is 3.69. The zero-order chi connectivity index (χ0) is 15.9. The van der Waals surface area contributed by atoms with Crippen molar-refractivity contribution < 1.29 is 17.9 Å². The number of hydrogen-bond donors (Lipinski definition) is 1. The Labute approximate surface area is 121 Å². The van der Waals surface area contributed by atoms with Crippen molar-refractivity contribution in [2.45, 2.75) is 4.90 Å². The molecule has 0 aliphatic heterocycles. The number of halogens is 1. The molecular weight excluding hydrogens is 297 g/mol. The van der Waals surface area contributed by atoms with Gasteiger partial charge in [0.25, 0.3) is 0 Å². The molecule has 0 fully saturated rings. The minimum atomic E-state index is -4.28. The van der Waals surface area contributed by atoms with Gasteiger partial charge in [0, 0.05) is 5.56 Å². The Morgan fingerprint density at radius 3 is 2.33 bits per heavy atom. The Morgan fingerprint density at radius 2 is 1.86 bits per heavy atom. The highest BCUT2D eigenvalue weighted by molar-refractivity contribution is 7.89. The second kappa shape index (κ2) is 7.37. The molecule has 0 saturated heterocycles. The summed E-state index contributed by atoms with van der Waals surface area (Å²) in [4.78, 5) is -0.637. The molecule has 0 heterocycles. The van der Waals surface area contributed by atoms with Gasteiger partial charge in [0.2, 0.25) is 10.0 Å². The molecule has 6 nitrogen and oxygen atoms in total. The van der Waals surface area contributed by atoms with Gasteiger partial charge in [-0.05, 0) is 18.2 Å². The molecule has 0 aliphatic rings. The van der Waals surface area contributed by atoms with Gasteiger partial charge < -0.3 is 5.11 Å². The van der Waals surface area contributed by atoms with Crippen LogP contribution >= 0.6 is 0 Å². The normalized spacial score (nSPS) is 10.3. The molecule has 21 heavy (non-hydrogen) atoms. The van der Waals surface area contributed by atoms with Gasteiger partial charge >= 0.3 is 0 Å². The molecule has 0 aliphatic carbocycles. The van der Waals surface area contributed by atoms with E-state index >= 15 is 0 Å². The van der Waals surface area contributed by atoms with E-state index in [0.29, 0.717) is 4.31 Å². The highest BCUT2D eigenvalue weighted by atomic mass is 32.2. The quantitative estimate of drug-likeness (QED) is 0.632. The van der Waals surface area contributed by atoms with Crippen LogP contribution in [-0.4, -0.2) is 37.5 Å². The Morgan fingerprint density at radius 1 is 1.24 bits per heavy atom. The lowest BCUT2D eigenvalue weighted by Crippen LogP contribution is -2.32. The third-order valence-electron chi connectivity index (χ3n) is 2.36. The van der Waals surface area contributed by atoms with Crippen molar-refractivity contribution in [3.63, 3.8) is 0 Å². The van der Waals surface area contributed by atoms with E-state index < -0.39 is 40.4 Å². The van der Waals surface area contributed by atoms with Crippen LogP contribution in [0.1, 0.15) is 5.56 Å². The van der Waals surface area contributed by atoms with Gasteiger partial charge in [0.15, 0.2) is 0 Å². The number of aliphatic hydroxyl groups excluding tert-OH is 1. The van der Waals surface area contributed by atoms with E-state index in [1.165, 1.54) is 6.07 Å². The van der Waals surface area contributed by atoms with Crippen LogP contribution in [0, 0.1) is 40.3 Å². The predicted octanol–water partition coefficient (Wildman–Crippen LogP) is 0.207. The Hall–Kier alpha value is -2.44. The molecule has 0 bridgehead atoms. The van der Waals surface area contributed by atoms with Crippen molar-refractivity contribution in [1.29, 1.82) is 10.5 Å². The molecule has 1 rings (SSSR count). The van der Waals surface area contributed by atoms with Crippen LogP contribution in [0.3, 0.4) is 0 Å². The fraction of sp³-hybridized carbons (Fsp3) is 0.231. The molecule has 0 radical (unpaired) electrons. The zero-order valence-corrected chi connectivity index (χ0v) is 11.6. The van der Waals surface area contributed by atoms with Crippen LogP contribution in [0.2, 0.25) is 0 Å². The standard InChI is InChI=1S/C13H10FN3O3S/c14-12-10-11(2-1-9-18)3-4-13(12)21(19,20)17(7-5-15)8-6-16/h3-4,10,18H,7-9H2. The summed E-state index contributed by atoms with van der Waals surface area (Å²) in [6.07, 6.45) is 0.